The lowest BCUT2D eigenvalue weighted by atomic mass is 10.0. The van der Waals surface area contributed by atoms with E-state index in [2.05, 4.69) is 93.7 Å². The van der Waals surface area contributed by atoms with Crippen molar-refractivity contribution in [2.45, 2.75) is 303 Å². The van der Waals surface area contributed by atoms with Crippen molar-refractivity contribution >= 4 is 17.9 Å². The van der Waals surface area contributed by atoms with E-state index < -0.39 is 6.10 Å². The lowest BCUT2D eigenvalue weighted by Gasteiger charge is -2.18. The first-order valence-corrected chi connectivity index (χ1v) is 29.9. The van der Waals surface area contributed by atoms with Gasteiger partial charge in [0.2, 0.25) is 0 Å². The summed E-state index contributed by atoms with van der Waals surface area (Å²) in [7, 11) is 0. The smallest absolute Gasteiger partial charge is 0.306 e. The van der Waals surface area contributed by atoms with Crippen LogP contribution in [0.5, 0.6) is 0 Å². The second kappa shape index (κ2) is 58.4. The monoisotopic (exact) mass is 977 g/mol. The molecule has 0 aliphatic heterocycles. The second-order valence-corrected chi connectivity index (χ2v) is 19.9. The van der Waals surface area contributed by atoms with Gasteiger partial charge in [-0.2, -0.15) is 0 Å². The van der Waals surface area contributed by atoms with E-state index in [0.29, 0.717) is 19.3 Å². The molecule has 404 valence electrons. The second-order valence-electron chi connectivity index (χ2n) is 19.9. The van der Waals surface area contributed by atoms with Crippen LogP contribution in [-0.2, 0) is 28.6 Å². The van der Waals surface area contributed by atoms with E-state index in [1.807, 2.05) is 0 Å². The molecule has 0 aliphatic rings. The van der Waals surface area contributed by atoms with Crippen LogP contribution in [-0.4, -0.2) is 37.2 Å². The van der Waals surface area contributed by atoms with Crippen molar-refractivity contribution in [3.05, 3.63) is 72.9 Å². The van der Waals surface area contributed by atoms with Gasteiger partial charge in [-0.3, -0.25) is 14.4 Å². The highest BCUT2D eigenvalue weighted by Crippen LogP contribution is 2.16. The maximum atomic E-state index is 12.9. The fraction of sp³-hybridized carbons (Fsp3) is 0.766. The van der Waals surface area contributed by atoms with Crippen LogP contribution in [0.1, 0.15) is 297 Å². The molecule has 70 heavy (non-hydrogen) atoms. The van der Waals surface area contributed by atoms with Gasteiger partial charge < -0.3 is 14.2 Å². The van der Waals surface area contributed by atoms with Gasteiger partial charge in [-0.05, 0) is 89.9 Å². The first kappa shape index (κ1) is 66.9. The topological polar surface area (TPSA) is 78.9 Å². The SMILES string of the molecule is CC/C=C\C/C=C\C/C=C\CCCCCCCC(=O)OC[C@H](COC(=O)CCCCCCCC/C=C\C/C=C\C/C=C\CCCCC)OC(=O)CCCCCCCCCCCCCCCCCCCC. The normalized spacial score (nSPS) is 12.6. The van der Waals surface area contributed by atoms with Gasteiger partial charge in [0.15, 0.2) is 6.10 Å². The molecule has 0 aromatic heterocycles. The van der Waals surface area contributed by atoms with E-state index in [4.69, 9.17) is 14.2 Å². The number of rotatable bonds is 54. The average molecular weight is 978 g/mol. The molecule has 0 aromatic rings. The molecule has 0 aliphatic carbocycles. The zero-order chi connectivity index (χ0) is 50.7. The summed E-state index contributed by atoms with van der Waals surface area (Å²) in [4.78, 5) is 38.2. The molecule has 0 heterocycles. The quantitative estimate of drug-likeness (QED) is 0.0261. The average Bonchev–Trinajstić information content (AvgIpc) is 3.36. The Labute approximate surface area is 433 Å². The number of unbranched alkanes of at least 4 members (excludes halogenated alkanes) is 31. The summed E-state index contributed by atoms with van der Waals surface area (Å²) in [5.74, 6) is -0.901. The Morgan fingerprint density at radius 1 is 0.300 bits per heavy atom. The number of carbonyl (C=O) groups excluding carboxylic acids is 3. The Balaban J connectivity index is 4.40. The Bertz CT molecular complexity index is 1310. The van der Waals surface area contributed by atoms with Crippen molar-refractivity contribution in [2.24, 2.45) is 0 Å². The summed E-state index contributed by atoms with van der Waals surface area (Å²) in [6.45, 7) is 6.51. The van der Waals surface area contributed by atoms with E-state index in [-0.39, 0.29) is 31.1 Å². The molecule has 0 unspecified atom stereocenters. The van der Waals surface area contributed by atoms with Crippen molar-refractivity contribution in [3.8, 4) is 0 Å². The molecule has 0 bridgehead atoms. The molecule has 0 fully saturated rings. The highest BCUT2D eigenvalue weighted by molar-refractivity contribution is 5.71. The number of ether oxygens (including phenoxy) is 3. The Kier molecular flexibility index (Phi) is 55.8. The molecule has 6 heteroatoms. The largest absolute Gasteiger partial charge is 0.462 e. The third-order valence-corrected chi connectivity index (χ3v) is 12.9. The van der Waals surface area contributed by atoms with Gasteiger partial charge in [-0.15, -0.1) is 0 Å². The highest BCUT2D eigenvalue weighted by atomic mass is 16.6. The van der Waals surface area contributed by atoms with Crippen molar-refractivity contribution in [1.82, 2.24) is 0 Å². The number of esters is 3. The van der Waals surface area contributed by atoms with Crippen molar-refractivity contribution in [1.29, 1.82) is 0 Å². The van der Waals surface area contributed by atoms with Gasteiger partial charge in [0, 0.05) is 19.3 Å². The standard InChI is InChI=1S/C64H112O6/c1-4-7-10-13-16-19-22-25-28-30-32-34-36-39-42-45-48-51-54-57-63(66)69-60-61(59-68-62(65)56-53-50-47-44-41-38-35-27-24-21-18-15-12-9-6-3)70-64(67)58-55-52-49-46-43-40-37-33-31-29-26-23-20-17-14-11-8-5-2/h9,12,16,18-19,21,25,27-28,32,34-35,61H,4-8,10-11,13-15,17,20,22-24,26,29-31,33,36-60H2,1-3H3/b12-9-,19-16-,21-18-,28-25-,34-32-,35-27-/t61-/m1/s1. The van der Waals surface area contributed by atoms with Crippen LogP contribution in [0.25, 0.3) is 0 Å². The van der Waals surface area contributed by atoms with Gasteiger partial charge in [0.25, 0.3) is 0 Å². The predicted molar refractivity (Wildman–Crippen MR) is 302 cm³/mol. The van der Waals surface area contributed by atoms with Crippen LogP contribution in [0.2, 0.25) is 0 Å². The van der Waals surface area contributed by atoms with Crippen LogP contribution in [0.3, 0.4) is 0 Å². The number of hydrogen-bond acceptors (Lipinski definition) is 6. The predicted octanol–water partition coefficient (Wildman–Crippen LogP) is 20.2. The van der Waals surface area contributed by atoms with Gasteiger partial charge in [-0.1, -0.05) is 261 Å². The first-order valence-electron chi connectivity index (χ1n) is 29.9. The third-order valence-electron chi connectivity index (χ3n) is 12.9. The summed E-state index contributed by atoms with van der Waals surface area (Å²) in [6.07, 6.45) is 74.6. The number of allylic oxidation sites excluding steroid dienone is 12. The van der Waals surface area contributed by atoms with E-state index in [0.717, 1.165) is 116 Å². The molecular weight excluding hydrogens is 865 g/mol. The summed E-state index contributed by atoms with van der Waals surface area (Å²) < 4.78 is 16.9. The molecule has 0 N–H and O–H groups in total. The molecule has 0 saturated carbocycles. The minimum atomic E-state index is -0.787. The molecule has 0 rings (SSSR count). The van der Waals surface area contributed by atoms with E-state index in [1.54, 1.807) is 0 Å². The van der Waals surface area contributed by atoms with E-state index in [1.165, 1.54) is 141 Å². The molecule has 0 amide bonds. The van der Waals surface area contributed by atoms with Crippen molar-refractivity contribution < 1.29 is 28.6 Å². The first-order chi connectivity index (χ1) is 34.5. The molecule has 6 nitrogen and oxygen atoms in total. The molecule has 0 saturated heterocycles. The fourth-order valence-electron chi connectivity index (χ4n) is 8.47. The molecule has 0 aromatic carbocycles. The minimum Gasteiger partial charge on any atom is -0.462 e. The van der Waals surface area contributed by atoms with Crippen molar-refractivity contribution in [2.75, 3.05) is 13.2 Å². The van der Waals surface area contributed by atoms with Crippen molar-refractivity contribution in [3.63, 3.8) is 0 Å². The Morgan fingerprint density at radius 3 is 0.900 bits per heavy atom. The number of carbonyl (C=O) groups is 3. The van der Waals surface area contributed by atoms with Gasteiger partial charge in [-0.25, -0.2) is 0 Å². The van der Waals surface area contributed by atoms with Gasteiger partial charge in [0.1, 0.15) is 13.2 Å². The van der Waals surface area contributed by atoms with Crippen LogP contribution < -0.4 is 0 Å². The summed E-state index contributed by atoms with van der Waals surface area (Å²) >= 11 is 0. The van der Waals surface area contributed by atoms with Crippen LogP contribution in [0.4, 0.5) is 0 Å². The van der Waals surface area contributed by atoms with E-state index in [9.17, 15) is 14.4 Å². The molecular formula is C64H112O6. The van der Waals surface area contributed by atoms with E-state index >= 15 is 0 Å². The lowest BCUT2D eigenvalue weighted by Crippen LogP contribution is -2.30. The maximum Gasteiger partial charge on any atom is 0.306 e. The molecule has 0 spiro atoms. The summed E-state index contributed by atoms with van der Waals surface area (Å²) in [5.41, 5.74) is 0. The van der Waals surface area contributed by atoms with Crippen LogP contribution >= 0.6 is 0 Å². The summed E-state index contributed by atoms with van der Waals surface area (Å²) in [5, 5.41) is 0. The maximum absolute atomic E-state index is 12.9. The molecule has 1 atom stereocenters. The highest BCUT2D eigenvalue weighted by Gasteiger charge is 2.19. The zero-order valence-electron chi connectivity index (χ0n) is 46.3. The fourth-order valence-corrected chi connectivity index (χ4v) is 8.47. The minimum absolute atomic E-state index is 0.0858. The third kappa shape index (κ3) is 55.8. The Morgan fingerprint density at radius 2 is 0.557 bits per heavy atom. The summed E-state index contributed by atoms with van der Waals surface area (Å²) in [6, 6.07) is 0. The van der Waals surface area contributed by atoms with Crippen LogP contribution in [0.15, 0.2) is 72.9 Å². The van der Waals surface area contributed by atoms with Gasteiger partial charge >= 0.3 is 17.9 Å². The lowest BCUT2D eigenvalue weighted by molar-refractivity contribution is -0.167. The van der Waals surface area contributed by atoms with Gasteiger partial charge in [0.05, 0.1) is 0 Å². The molecule has 0 radical (unpaired) electrons. The zero-order valence-corrected chi connectivity index (χ0v) is 46.3. The Hall–Kier alpha value is -3.15. The number of hydrogen-bond donors (Lipinski definition) is 0. The van der Waals surface area contributed by atoms with Crippen LogP contribution in [0, 0.1) is 0 Å².